The van der Waals surface area contributed by atoms with Gasteiger partial charge in [-0.3, -0.25) is 4.79 Å². The summed E-state index contributed by atoms with van der Waals surface area (Å²) < 4.78 is 32.2. The summed E-state index contributed by atoms with van der Waals surface area (Å²) in [5.41, 5.74) is 2.17. The first-order valence-electron chi connectivity index (χ1n) is 9.34. The van der Waals surface area contributed by atoms with Gasteiger partial charge in [0.2, 0.25) is 10.0 Å². The van der Waals surface area contributed by atoms with Crippen LogP contribution in [0.2, 0.25) is 0 Å². The summed E-state index contributed by atoms with van der Waals surface area (Å²) in [6, 6.07) is 7.64. The van der Waals surface area contributed by atoms with Gasteiger partial charge >= 0.3 is 0 Å². The van der Waals surface area contributed by atoms with E-state index in [1.54, 1.807) is 18.7 Å². The van der Waals surface area contributed by atoms with Gasteiger partial charge in [0.05, 0.1) is 0 Å². The Morgan fingerprint density at radius 3 is 2.07 bits per heavy atom. The fourth-order valence-electron chi connectivity index (χ4n) is 3.40. The molecule has 1 aliphatic rings. The normalized spacial score (nSPS) is 16.4. The van der Waals surface area contributed by atoms with Gasteiger partial charge in [0.15, 0.2) is 5.76 Å². The third-order valence-electron chi connectivity index (χ3n) is 5.09. The monoisotopic (exact) mass is 405 g/mol. The van der Waals surface area contributed by atoms with E-state index in [4.69, 9.17) is 4.52 Å². The number of amides is 1. The minimum atomic E-state index is -3.68. The first kappa shape index (κ1) is 20.5. The van der Waals surface area contributed by atoms with Crippen molar-refractivity contribution in [2.45, 2.75) is 44.9 Å². The smallest absolute Gasteiger partial charge is 0.253 e. The number of sulfonamides is 1. The summed E-state index contributed by atoms with van der Waals surface area (Å²) in [7, 11) is -3.68. The van der Waals surface area contributed by atoms with Crippen molar-refractivity contribution in [2.24, 2.45) is 0 Å². The number of hydrogen-bond donors (Lipinski definition) is 0. The van der Waals surface area contributed by atoms with E-state index in [1.807, 2.05) is 24.3 Å². The molecule has 0 spiro atoms. The number of carbonyl (C=O) groups is 1. The molecule has 0 aliphatic carbocycles. The Morgan fingerprint density at radius 2 is 1.61 bits per heavy atom. The second kappa shape index (κ2) is 7.33. The van der Waals surface area contributed by atoms with Crippen LogP contribution in [0, 0.1) is 13.8 Å². The Bertz CT molecular complexity index is 944. The molecule has 2 aromatic rings. The molecule has 0 N–H and O–H groups in total. The van der Waals surface area contributed by atoms with Crippen molar-refractivity contribution in [1.29, 1.82) is 0 Å². The molecule has 28 heavy (non-hydrogen) atoms. The molecular formula is C20H27N3O4S. The average molecular weight is 406 g/mol. The molecule has 0 bridgehead atoms. The van der Waals surface area contributed by atoms with Gasteiger partial charge in [0.1, 0.15) is 10.6 Å². The number of hydrogen-bond acceptors (Lipinski definition) is 5. The molecule has 0 saturated carbocycles. The topological polar surface area (TPSA) is 83.7 Å². The molecule has 152 valence electrons. The molecule has 1 amide bonds. The van der Waals surface area contributed by atoms with E-state index in [-0.39, 0.29) is 35.1 Å². The highest BCUT2D eigenvalue weighted by molar-refractivity contribution is 7.89. The Hall–Kier alpha value is -2.19. The Labute approximate surface area is 166 Å². The highest BCUT2D eigenvalue weighted by atomic mass is 32.2. The van der Waals surface area contributed by atoms with Crippen molar-refractivity contribution in [3.8, 4) is 0 Å². The van der Waals surface area contributed by atoms with Crippen molar-refractivity contribution in [3.63, 3.8) is 0 Å². The lowest BCUT2D eigenvalue weighted by Gasteiger charge is -2.34. The van der Waals surface area contributed by atoms with Gasteiger partial charge in [-0.05, 0) is 37.0 Å². The van der Waals surface area contributed by atoms with Crippen LogP contribution in [0.4, 0.5) is 0 Å². The van der Waals surface area contributed by atoms with E-state index >= 15 is 0 Å². The zero-order chi connectivity index (χ0) is 20.7. The largest absolute Gasteiger partial charge is 0.360 e. The van der Waals surface area contributed by atoms with Crippen LogP contribution >= 0.6 is 0 Å². The van der Waals surface area contributed by atoms with Crippen LogP contribution in [-0.4, -0.2) is 54.9 Å². The van der Waals surface area contributed by atoms with Crippen molar-refractivity contribution >= 4 is 15.9 Å². The lowest BCUT2D eigenvalue weighted by atomic mass is 9.86. The molecule has 1 fully saturated rings. The Kier molecular flexibility index (Phi) is 5.38. The van der Waals surface area contributed by atoms with E-state index in [9.17, 15) is 13.2 Å². The quantitative estimate of drug-likeness (QED) is 0.784. The van der Waals surface area contributed by atoms with E-state index < -0.39 is 10.0 Å². The lowest BCUT2D eigenvalue weighted by molar-refractivity contribution is 0.0697. The number of benzene rings is 1. The standard InChI is InChI=1S/C20H27N3O4S/c1-14-18(15(2)27-21-14)28(25,26)23-12-10-22(11-13-23)19(24)16-6-8-17(9-7-16)20(3,4)5/h6-9H,10-13H2,1-5H3. The van der Waals surface area contributed by atoms with Gasteiger partial charge in [-0.2, -0.15) is 4.31 Å². The third-order valence-corrected chi connectivity index (χ3v) is 7.23. The second-order valence-corrected chi connectivity index (χ2v) is 10.1. The molecule has 8 heteroatoms. The van der Waals surface area contributed by atoms with Crippen molar-refractivity contribution in [2.75, 3.05) is 26.2 Å². The van der Waals surface area contributed by atoms with Gasteiger partial charge in [0.25, 0.3) is 5.91 Å². The van der Waals surface area contributed by atoms with Gasteiger partial charge in [-0.1, -0.05) is 38.1 Å². The first-order valence-corrected chi connectivity index (χ1v) is 10.8. The van der Waals surface area contributed by atoms with Crippen LogP contribution in [0.1, 0.15) is 48.1 Å². The van der Waals surface area contributed by atoms with E-state index in [0.29, 0.717) is 24.3 Å². The van der Waals surface area contributed by atoms with Gasteiger partial charge < -0.3 is 9.42 Å². The number of carbonyl (C=O) groups excluding carboxylic acids is 1. The summed E-state index contributed by atoms with van der Waals surface area (Å²) in [4.78, 5) is 14.6. The number of nitrogens with zero attached hydrogens (tertiary/aromatic N) is 3. The minimum absolute atomic E-state index is 0.0275. The van der Waals surface area contributed by atoms with E-state index in [0.717, 1.165) is 0 Å². The first-order chi connectivity index (χ1) is 13.0. The minimum Gasteiger partial charge on any atom is -0.360 e. The summed E-state index contributed by atoms with van der Waals surface area (Å²) in [5, 5.41) is 3.74. The molecule has 7 nitrogen and oxygen atoms in total. The predicted octanol–water partition coefficient (Wildman–Crippen LogP) is 2.74. The second-order valence-electron chi connectivity index (χ2n) is 8.18. The van der Waals surface area contributed by atoms with Crippen LogP contribution in [0.5, 0.6) is 0 Å². The van der Waals surface area contributed by atoms with E-state index in [2.05, 4.69) is 25.9 Å². The van der Waals surface area contributed by atoms with Crippen molar-refractivity contribution in [3.05, 3.63) is 46.8 Å². The van der Waals surface area contributed by atoms with Crippen LogP contribution in [0.25, 0.3) is 0 Å². The Morgan fingerprint density at radius 1 is 1.04 bits per heavy atom. The summed E-state index contributed by atoms with van der Waals surface area (Å²) in [5.74, 6) is 0.213. The van der Waals surface area contributed by atoms with Crippen molar-refractivity contribution in [1.82, 2.24) is 14.4 Å². The third kappa shape index (κ3) is 3.84. The van der Waals surface area contributed by atoms with Crippen molar-refractivity contribution < 1.29 is 17.7 Å². The molecule has 0 unspecified atom stereocenters. The molecule has 2 heterocycles. The summed E-state index contributed by atoms with van der Waals surface area (Å²) in [6.07, 6.45) is 0. The maximum atomic E-state index is 12.9. The molecule has 1 saturated heterocycles. The molecule has 3 rings (SSSR count). The number of aromatic nitrogens is 1. The number of rotatable bonds is 3. The average Bonchev–Trinajstić information content (AvgIpc) is 2.99. The molecule has 1 aromatic heterocycles. The zero-order valence-electron chi connectivity index (χ0n) is 17.0. The van der Waals surface area contributed by atoms with Crippen LogP contribution in [0.15, 0.2) is 33.7 Å². The van der Waals surface area contributed by atoms with Crippen LogP contribution in [-0.2, 0) is 15.4 Å². The predicted molar refractivity (Wildman–Crippen MR) is 106 cm³/mol. The maximum Gasteiger partial charge on any atom is 0.253 e. The molecular weight excluding hydrogens is 378 g/mol. The van der Waals surface area contributed by atoms with Gasteiger partial charge in [0, 0.05) is 31.7 Å². The molecule has 1 aromatic carbocycles. The van der Waals surface area contributed by atoms with Crippen LogP contribution < -0.4 is 0 Å². The van der Waals surface area contributed by atoms with Gasteiger partial charge in [-0.15, -0.1) is 0 Å². The van der Waals surface area contributed by atoms with Crippen LogP contribution in [0.3, 0.4) is 0 Å². The highest BCUT2D eigenvalue weighted by Gasteiger charge is 2.34. The fourth-order valence-corrected chi connectivity index (χ4v) is 5.11. The SMILES string of the molecule is Cc1noc(C)c1S(=O)(=O)N1CCN(C(=O)c2ccc(C(C)(C)C)cc2)CC1. The summed E-state index contributed by atoms with van der Waals surface area (Å²) >= 11 is 0. The Balaban J connectivity index is 1.69. The number of aryl methyl sites for hydroxylation is 2. The highest BCUT2D eigenvalue weighted by Crippen LogP contribution is 2.25. The fraction of sp³-hybridized carbons (Fsp3) is 0.500. The van der Waals surface area contributed by atoms with Gasteiger partial charge in [-0.25, -0.2) is 8.42 Å². The molecule has 0 radical (unpaired) electrons. The lowest BCUT2D eigenvalue weighted by Crippen LogP contribution is -2.50. The molecule has 1 aliphatic heterocycles. The zero-order valence-corrected chi connectivity index (χ0v) is 17.8. The molecule has 0 atom stereocenters. The number of piperazine rings is 1. The maximum absolute atomic E-state index is 12.9. The van der Waals surface area contributed by atoms with E-state index in [1.165, 1.54) is 9.87 Å². The summed E-state index contributed by atoms with van der Waals surface area (Å²) in [6.45, 7) is 10.8.